The molecule has 0 aromatic carbocycles. The molecule has 24 heavy (non-hydrogen) atoms. The molecule has 6 heteroatoms. The Hall–Kier alpha value is -1.37. The highest BCUT2D eigenvalue weighted by molar-refractivity contribution is 6.54. The third-order valence-electron chi connectivity index (χ3n) is 5.12. The summed E-state index contributed by atoms with van der Waals surface area (Å²) in [6, 6.07) is 3.85. The van der Waals surface area contributed by atoms with Gasteiger partial charge in [-0.05, 0) is 58.1 Å². The first kappa shape index (κ1) is 17.5. The van der Waals surface area contributed by atoms with Gasteiger partial charge in [0.2, 0.25) is 5.88 Å². The third kappa shape index (κ3) is 3.23. The van der Waals surface area contributed by atoms with E-state index in [9.17, 15) is 0 Å². The molecule has 3 rings (SSSR count). The molecule has 1 fully saturated rings. The number of hydrogen-bond donors (Lipinski definition) is 0. The number of methoxy groups -OCH3 is 1. The maximum Gasteiger partial charge on any atom is 0.490 e. The molecular weight excluding hydrogens is 305 g/mol. The lowest BCUT2D eigenvalue weighted by atomic mass is 9.73. The van der Waals surface area contributed by atoms with E-state index in [0.29, 0.717) is 5.88 Å². The molecule has 2 unspecified atom stereocenters. The molecule has 2 aliphatic heterocycles. The monoisotopic (exact) mass is 331 g/mol. The van der Waals surface area contributed by atoms with Crippen LogP contribution in [0.2, 0.25) is 0 Å². The number of pyridine rings is 1. The Bertz CT molecular complexity index is 628. The summed E-state index contributed by atoms with van der Waals surface area (Å²) in [5.74, 6) is 0.583. The van der Waals surface area contributed by atoms with Crippen LogP contribution in [0.15, 0.2) is 29.9 Å². The van der Waals surface area contributed by atoms with Crippen molar-refractivity contribution in [1.29, 1.82) is 0 Å². The first-order valence-corrected chi connectivity index (χ1v) is 8.43. The molecule has 0 bridgehead atoms. The lowest BCUT2D eigenvalue weighted by Crippen LogP contribution is -2.41. The Labute approximate surface area is 144 Å². The van der Waals surface area contributed by atoms with Gasteiger partial charge in [0.15, 0.2) is 0 Å². The predicted molar refractivity (Wildman–Crippen MR) is 92.9 cm³/mol. The number of aromatic nitrogens is 1. The molecule has 1 aromatic rings. The van der Waals surface area contributed by atoms with Gasteiger partial charge >= 0.3 is 7.12 Å². The van der Waals surface area contributed by atoms with Crippen LogP contribution in [0, 0.1) is 0 Å². The van der Waals surface area contributed by atoms with Crippen LogP contribution in [0.4, 0.5) is 0 Å². The summed E-state index contributed by atoms with van der Waals surface area (Å²) in [5.41, 5.74) is 1.47. The minimum Gasteiger partial charge on any atom is -0.481 e. The van der Waals surface area contributed by atoms with Crippen molar-refractivity contribution in [1.82, 2.24) is 4.98 Å². The quantitative estimate of drug-likeness (QED) is 0.794. The lowest BCUT2D eigenvalue weighted by molar-refractivity contribution is 0.00578. The van der Waals surface area contributed by atoms with Gasteiger partial charge in [0.25, 0.3) is 0 Å². The zero-order valence-electron chi connectivity index (χ0n) is 15.3. The molecule has 5 nitrogen and oxygen atoms in total. The Kier molecular flexibility index (Phi) is 4.49. The van der Waals surface area contributed by atoms with Gasteiger partial charge in [0.05, 0.1) is 24.4 Å². The van der Waals surface area contributed by atoms with Crippen molar-refractivity contribution in [2.75, 3.05) is 7.11 Å². The maximum absolute atomic E-state index is 6.20. The smallest absolute Gasteiger partial charge is 0.481 e. The molecule has 130 valence electrons. The first-order valence-electron chi connectivity index (χ1n) is 8.43. The van der Waals surface area contributed by atoms with Crippen LogP contribution in [0.25, 0.3) is 0 Å². The minimum absolute atomic E-state index is 0.0909. The average Bonchev–Trinajstić information content (AvgIpc) is 2.75. The zero-order valence-corrected chi connectivity index (χ0v) is 15.3. The molecule has 0 radical (unpaired) electrons. The molecule has 0 spiro atoms. The van der Waals surface area contributed by atoms with Crippen molar-refractivity contribution in [2.45, 2.75) is 64.4 Å². The van der Waals surface area contributed by atoms with E-state index >= 15 is 0 Å². The van der Waals surface area contributed by atoms with Crippen LogP contribution in [-0.2, 0) is 14.0 Å². The molecule has 0 aliphatic carbocycles. The number of rotatable bonds is 3. The fraction of sp³-hybridized carbons (Fsp3) is 0.611. The van der Waals surface area contributed by atoms with Gasteiger partial charge in [-0.3, -0.25) is 0 Å². The molecule has 3 heterocycles. The van der Waals surface area contributed by atoms with Crippen molar-refractivity contribution in [3.8, 4) is 5.88 Å². The SMILES string of the molecule is COc1cc(C2C=C(B3OC(C)(C)C(C)(C)O3)CC(C)O2)ccn1. The van der Waals surface area contributed by atoms with Crippen molar-refractivity contribution >= 4 is 7.12 Å². The number of nitrogens with zero attached hydrogens (tertiary/aromatic N) is 1. The molecule has 2 atom stereocenters. The highest BCUT2D eigenvalue weighted by atomic mass is 16.7. The Morgan fingerprint density at radius 3 is 2.50 bits per heavy atom. The van der Waals surface area contributed by atoms with Gasteiger partial charge in [-0.2, -0.15) is 0 Å². The van der Waals surface area contributed by atoms with E-state index in [-0.39, 0.29) is 30.5 Å². The van der Waals surface area contributed by atoms with Gasteiger partial charge < -0.3 is 18.8 Å². The van der Waals surface area contributed by atoms with Gasteiger partial charge in [-0.15, -0.1) is 0 Å². The molecule has 1 saturated heterocycles. The van der Waals surface area contributed by atoms with E-state index in [0.717, 1.165) is 17.5 Å². The van der Waals surface area contributed by atoms with E-state index < -0.39 is 0 Å². The average molecular weight is 331 g/mol. The molecular formula is C18H26BNO4. The molecule has 0 N–H and O–H groups in total. The molecule has 0 saturated carbocycles. The van der Waals surface area contributed by atoms with Crippen LogP contribution < -0.4 is 4.74 Å². The highest BCUT2D eigenvalue weighted by Gasteiger charge is 2.52. The van der Waals surface area contributed by atoms with Gasteiger partial charge in [0, 0.05) is 12.3 Å². The van der Waals surface area contributed by atoms with Crippen molar-refractivity contribution in [3.63, 3.8) is 0 Å². The number of ether oxygens (including phenoxy) is 2. The topological polar surface area (TPSA) is 49.8 Å². The number of hydrogen-bond acceptors (Lipinski definition) is 5. The normalized spacial score (nSPS) is 28.6. The Morgan fingerprint density at radius 1 is 1.21 bits per heavy atom. The first-order chi connectivity index (χ1) is 11.2. The van der Waals surface area contributed by atoms with Crippen molar-refractivity contribution in [3.05, 3.63) is 35.4 Å². The predicted octanol–water partition coefficient (Wildman–Crippen LogP) is 3.50. The summed E-state index contributed by atoms with van der Waals surface area (Å²) in [4.78, 5) is 4.16. The van der Waals surface area contributed by atoms with E-state index in [1.807, 2.05) is 12.1 Å². The summed E-state index contributed by atoms with van der Waals surface area (Å²) in [7, 11) is 1.29. The lowest BCUT2D eigenvalue weighted by Gasteiger charge is -2.32. The maximum atomic E-state index is 6.20. The second kappa shape index (κ2) is 6.17. The summed E-state index contributed by atoms with van der Waals surface area (Å²) in [6.45, 7) is 10.4. The zero-order chi connectivity index (χ0) is 17.5. The second-order valence-corrected chi connectivity index (χ2v) is 7.53. The largest absolute Gasteiger partial charge is 0.490 e. The van der Waals surface area contributed by atoms with Crippen LogP contribution in [0.1, 0.15) is 52.7 Å². The van der Waals surface area contributed by atoms with Crippen molar-refractivity contribution in [2.24, 2.45) is 0 Å². The van der Waals surface area contributed by atoms with Gasteiger partial charge in [-0.25, -0.2) is 4.98 Å². The third-order valence-corrected chi connectivity index (χ3v) is 5.12. The highest BCUT2D eigenvalue weighted by Crippen LogP contribution is 2.41. The molecule has 2 aliphatic rings. The fourth-order valence-electron chi connectivity index (χ4n) is 2.99. The van der Waals surface area contributed by atoms with Crippen LogP contribution in [0.3, 0.4) is 0 Å². The minimum atomic E-state index is -0.338. The van der Waals surface area contributed by atoms with E-state index in [1.54, 1.807) is 13.3 Å². The van der Waals surface area contributed by atoms with Gasteiger partial charge in [-0.1, -0.05) is 6.08 Å². The standard InChI is InChI=1S/C18H26BNO4/c1-12-9-14(19-23-17(2,3)18(4,5)24-19)11-15(22-12)13-7-8-20-16(10-13)21-6/h7-8,10-12,15H,9H2,1-6H3. The summed E-state index contributed by atoms with van der Waals surface area (Å²) in [6.07, 6.45) is 4.58. The van der Waals surface area contributed by atoms with E-state index in [4.69, 9.17) is 18.8 Å². The molecule has 1 aromatic heterocycles. The van der Waals surface area contributed by atoms with Crippen LogP contribution >= 0.6 is 0 Å². The summed E-state index contributed by atoms with van der Waals surface area (Å²) < 4.78 is 23.7. The summed E-state index contributed by atoms with van der Waals surface area (Å²) in [5, 5.41) is 0. The fourth-order valence-corrected chi connectivity index (χ4v) is 2.99. The Balaban J connectivity index is 1.87. The summed E-state index contributed by atoms with van der Waals surface area (Å²) >= 11 is 0. The van der Waals surface area contributed by atoms with Crippen molar-refractivity contribution < 1.29 is 18.8 Å². The van der Waals surface area contributed by atoms with Crippen LogP contribution in [0.5, 0.6) is 5.88 Å². The van der Waals surface area contributed by atoms with Gasteiger partial charge in [0.1, 0.15) is 6.10 Å². The van der Waals surface area contributed by atoms with E-state index in [1.165, 1.54) is 0 Å². The van der Waals surface area contributed by atoms with E-state index in [2.05, 4.69) is 45.7 Å². The molecule has 0 amide bonds. The van der Waals surface area contributed by atoms with Crippen LogP contribution in [-0.4, -0.2) is 36.5 Å². The Morgan fingerprint density at radius 2 is 1.88 bits per heavy atom. The second-order valence-electron chi connectivity index (χ2n) is 7.53.